The molecule has 1 aromatic heterocycles. The van der Waals surface area contributed by atoms with E-state index >= 15 is 0 Å². The largest absolute Gasteiger partial charge is 0.395 e. The van der Waals surface area contributed by atoms with E-state index in [2.05, 4.69) is 22.5 Å². The minimum absolute atomic E-state index is 0.0323. The smallest absolute Gasteiger partial charge is 0.318 e. The molecule has 2 amide bonds. The second-order valence-corrected chi connectivity index (χ2v) is 5.78. The molecule has 0 aliphatic heterocycles. The van der Waals surface area contributed by atoms with Gasteiger partial charge in [0, 0.05) is 19.8 Å². The van der Waals surface area contributed by atoms with Crippen LogP contribution < -0.4 is 5.32 Å². The molecule has 0 radical (unpaired) electrons. The molecule has 0 spiro atoms. The van der Waals surface area contributed by atoms with Gasteiger partial charge < -0.3 is 15.3 Å². The van der Waals surface area contributed by atoms with Crippen molar-refractivity contribution in [1.29, 1.82) is 0 Å². The zero-order valence-corrected chi connectivity index (χ0v) is 13.3. The number of urea groups is 1. The third-order valence-electron chi connectivity index (χ3n) is 4.42. The maximum atomic E-state index is 12.6. The highest BCUT2D eigenvalue weighted by Gasteiger charge is 2.30. The van der Waals surface area contributed by atoms with Crippen LogP contribution in [0.5, 0.6) is 0 Å². The van der Waals surface area contributed by atoms with Gasteiger partial charge in [-0.15, -0.1) is 0 Å². The summed E-state index contributed by atoms with van der Waals surface area (Å²) in [5, 5.41) is 16.4. The molecule has 1 heterocycles. The molecule has 0 saturated carbocycles. The molecule has 2 N–H and O–H groups in total. The average Bonchev–Trinajstić information content (AvgIpc) is 3.16. The predicted molar refractivity (Wildman–Crippen MR) is 86.7 cm³/mol. The first-order valence-electron chi connectivity index (χ1n) is 7.90. The Morgan fingerprint density at radius 2 is 2.26 bits per heavy atom. The highest BCUT2D eigenvalue weighted by Crippen LogP contribution is 2.35. The van der Waals surface area contributed by atoms with Crippen LogP contribution in [0.1, 0.15) is 29.3 Å². The number of carbonyl (C=O) groups is 1. The van der Waals surface area contributed by atoms with Crippen molar-refractivity contribution in [3.8, 4) is 0 Å². The number of aromatic nitrogens is 2. The highest BCUT2D eigenvalue weighted by atomic mass is 16.3. The zero-order chi connectivity index (χ0) is 16.2. The van der Waals surface area contributed by atoms with Crippen LogP contribution in [0.15, 0.2) is 36.5 Å². The lowest BCUT2D eigenvalue weighted by molar-refractivity contribution is 0.151. The quantitative estimate of drug-likeness (QED) is 0.881. The van der Waals surface area contributed by atoms with Crippen LogP contribution in [-0.4, -0.2) is 39.0 Å². The Balaban J connectivity index is 1.71. The van der Waals surface area contributed by atoms with Crippen LogP contribution in [0.4, 0.5) is 4.79 Å². The summed E-state index contributed by atoms with van der Waals surface area (Å²) in [7, 11) is 1.85. The minimum Gasteiger partial charge on any atom is -0.395 e. The molecular weight excluding hydrogens is 292 g/mol. The zero-order valence-electron chi connectivity index (χ0n) is 13.3. The van der Waals surface area contributed by atoms with Crippen molar-refractivity contribution in [2.75, 3.05) is 13.2 Å². The molecule has 1 atom stereocenters. The maximum Gasteiger partial charge on any atom is 0.318 e. The molecule has 1 unspecified atom stereocenters. The summed E-state index contributed by atoms with van der Waals surface area (Å²) in [6.07, 6.45) is 3.58. The van der Waals surface area contributed by atoms with Crippen molar-refractivity contribution in [3.63, 3.8) is 0 Å². The summed E-state index contributed by atoms with van der Waals surface area (Å²) in [5.74, 6) is 0. The number of aryl methyl sites for hydroxylation is 2. The Bertz CT molecular complexity index is 683. The molecule has 1 aliphatic carbocycles. The van der Waals surface area contributed by atoms with Gasteiger partial charge in [0.15, 0.2) is 0 Å². The highest BCUT2D eigenvalue weighted by molar-refractivity contribution is 5.75. The van der Waals surface area contributed by atoms with Crippen molar-refractivity contribution in [2.24, 2.45) is 7.05 Å². The van der Waals surface area contributed by atoms with E-state index in [0.717, 1.165) is 18.5 Å². The summed E-state index contributed by atoms with van der Waals surface area (Å²) in [5.41, 5.74) is 3.42. The van der Waals surface area contributed by atoms with Crippen LogP contribution in [0.3, 0.4) is 0 Å². The van der Waals surface area contributed by atoms with E-state index in [4.69, 9.17) is 0 Å². The van der Waals surface area contributed by atoms with Gasteiger partial charge in [0.25, 0.3) is 0 Å². The lowest BCUT2D eigenvalue weighted by atomic mass is 10.1. The number of nitrogens with one attached hydrogen (secondary N) is 1. The lowest BCUT2D eigenvalue weighted by Crippen LogP contribution is -2.43. The monoisotopic (exact) mass is 314 g/mol. The van der Waals surface area contributed by atoms with Gasteiger partial charge in [0.05, 0.1) is 24.9 Å². The fraction of sp³-hybridized carbons (Fsp3) is 0.412. The van der Waals surface area contributed by atoms with E-state index in [1.165, 1.54) is 11.1 Å². The van der Waals surface area contributed by atoms with Gasteiger partial charge in [-0.2, -0.15) is 5.10 Å². The first-order valence-corrected chi connectivity index (χ1v) is 7.90. The molecule has 23 heavy (non-hydrogen) atoms. The number of benzene rings is 1. The molecule has 1 aromatic carbocycles. The molecule has 0 fully saturated rings. The number of aliphatic hydroxyl groups excluding tert-OH is 1. The van der Waals surface area contributed by atoms with E-state index in [1.54, 1.807) is 15.8 Å². The first-order chi connectivity index (χ1) is 11.2. The summed E-state index contributed by atoms with van der Waals surface area (Å²) >= 11 is 0. The van der Waals surface area contributed by atoms with Gasteiger partial charge in [0.1, 0.15) is 0 Å². The molecule has 122 valence electrons. The minimum atomic E-state index is -0.151. The number of amides is 2. The third kappa shape index (κ3) is 3.22. The SMILES string of the molecule is Cn1nccc1CNC(=O)N(CCO)C1CCc2ccccc21. The molecule has 3 rings (SSSR count). The Kier molecular flexibility index (Phi) is 4.62. The number of nitrogens with zero attached hydrogens (tertiary/aromatic N) is 3. The molecular formula is C17H22N4O2. The molecule has 0 saturated heterocycles. The molecule has 6 nitrogen and oxygen atoms in total. The van der Waals surface area contributed by atoms with Crippen LogP contribution in [0, 0.1) is 0 Å². The number of carbonyl (C=O) groups excluding carboxylic acids is 1. The van der Waals surface area contributed by atoms with Crippen LogP contribution in [0.25, 0.3) is 0 Å². The topological polar surface area (TPSA) is 70.4 Å². The van der Waals surface area contributed by atoms with E-state index < -0.39 is 0 Å². The second-order valence-electron chi connectivity index (χ2n) is 5.78. The van der Waals surface area contributed by atoms with Gasteiger partial charge in [-0.05, 0) is 30.0 Å². The Labute approximate surface area is 135 Å². The maximum absolute atomic E-state index is 12.6. The van der Waals surface area contributed by atoms with E-state index in [-0.39, 0.29) is 18.7 Å². The van der Waals surface area contributed by atoms with Crippen LogP contribution in [0.2, 0.25) is 0 Å². The summed E-state index contributed by atoms with van der Waals surface area (Å²) < 4.78 is 1.74. The van der Waals surface area contributed by atoms with Crippen LogP contribution >= 0.6 is 0 Å². The standard InChI is InChI=1S/C17H22N4O2/c1-20-14(8-9-19-20)12-18-17(23)21(10-11-22)16-7-6-13-4-2-3-5-15(13)16/h2-5,8-9,16,22H,6-7,10-12H2,1H3,(H,18,23). The van der Waals surface area contributed by atoms with Crippen molar-refractivity contribution >= 4 is 6.03 Å². The van der Waals surface area contributed by atoms with Crippen molar-refractivity contribution in [2.45, 2.75) is 25.4 Å². The second kappa shape index (κ2) is 6.83. The fourth-order valence-corrected chi connectivity index (χ4v) is 3.21. The summed E-state index contributed by atoms with van der Waals surface area (Å²) in [6.45, 7) is 0.708. The lowest BCUT2D eigenvalue weighted by Gasteiger charge is -2.29. The van der Waals surface area contributed by atoms with E-state index in [1.807, 2.05) is 25.2 Å². The van der Waals surface area contributed by atoms with E-state index in [9.17, 15) is 9.90 Å². The predicted octanol–water partition coefficient (Wildman–Crippen LogP) is 1.61. The Morgan fingerprint density at radius 3 is 3.00 bits per heavy atom. The third-order valence-corrected chi connectivity index (χ3v) is 4.42. The van der Waals surface area contributed by atoms with Crippen molar-refractivity contribution in [3.05, 3.63) is 53.3 Å². The van der Waals surface area contributed by atoms with Gasteiger partial charge in [0.2, 0.25) is 0 Å². The first kappa shape index (κ1) is 15.6. The van der Waals surface area contributed by atoms with Gasteiger partial charge >= 0.3 is 6.03 Å². The summed E-state index contributed by atoms with van der Waals surface area (Å²) in [4.78, 5) is 14.3. The molecule has 2 aromatic rings. The van der Waals surface area contributed by atoms with Gasteiger partial charge in [-0.1, -0.05) is 24.3 Å². The number of rotatable bonds is 5. The van der Waals surface area contributed by atoms with Crippen LogP contribution in [-0.2, 0) is 20.0 Å². The fourth-order valence-electron chi connectivity index (χ4n) is 3.21. The van der Waals surface area contributed by atoms with E-state index in [0.29, 0.717) is 13.1 Å². The normalized spacial score (nSPS) is 16.2. The Morgan fingerprint density at radius 1 is 1.43 bits per heavy atom. The number of hydrogen-bond acceptors (Lipinski definition) is 3. The molecule has 0 bridgehead atoms. The molecule has 6 heteroatoms. The summed E-state index contributed by atoms with van der Waals surface area (Å²) in [6, 6.07) is 9.97. The average molecular weight is 314 g/mol. The number of aliphatic hydroxyl groups is 1. The van der Waals surface area contributed by atoms with Crippen molar-refractivity contribution in [1.82, 2.24) is 20.0 Å². The van der Waals surface area contributed by atoms with Crippen molar-refractivity contribution < 1.29 is 9.90 Å². The number of hydrogen-bond donors (Lipinski definition) is 2. The Hall–Kier alpha value is -2.34. The van der Waals surface area contributed by atoms with Gasteiger partial charge in [-0.3, -0.25) is 4.68 Å². The molecule has 1 aliphatic rings. The van der Waals surface area contributed by atoms with Gasteiger partial charge in [-0.25, -0.2) is 4.79 Å². The number of fused-ring (bicyclic) bond motifs is 1.